The molecule has 0 spiro atoms. The predicted octanol–water partition coefficient (Wildman–Crippen LogP) is 2.25. The molecule has 6 heteroatoms. The van der Waals surface area contributed by atoms with Gasteiger partial charge in [0.05, 0.1) is 0 Å². The average Bonchev–Trinajstić information content (AvgIpc) is 2.93. The van der Waals surface area contributed by atoms with E-state index in [0.717, 1.165) is 35.2 Å². The molecule has 1 aromatic heterocycles. The zero-order chi connectivity index (χ0) is 13.8. The molecule has 1 aliphatic heterocycles. The molecule has 2 heterocycles. The van der Waals surface area contributed by atoms with Crippen LogP contribution in [-0.4, -0.2) is 23.3 Å². The second-order valence-electron chi connectivity index (χ2n) is 4.36. The van der Waals surface area contributed by atoms with Gasteiger partial charge in [-0.1, -0.05) is 6.07 Å². The molecule has 20 heavy (non-hydrogen) atoms. The highest BCUT2D eigenvalue weighted by Gasteiger charge is 2.12. The summed E-state index contributed by atoms with van der Waals surface area (Å²) in [5.41, 5.74) is 1.11. The monoisotopic (exact) mass is 272 g/mol. The van der Waals surface area contributed by atoms with E-state index in [4.69, 9.17) is 9.47 Å². The lowest BCUT2D eigenvalue weighted by Crippen LogP contribution is -2.04. The highest BCUT2D eigenvalue weighted by molar-refractivity contribution is 5.48. The molecule has 3 rings (SSSR count). The van der Waals surface area contributed by atoms with Gasteiger partial charge in [0.25, 0.3) is 0 Å². The first-order valence-electron chi connectivity index (χ1n) is 6.53. The van der Waals surface area contributed by atoms with Crippen LogP contribution in [0.1, 0.15) is 12.5 Å². The largest absolute Gasteiger partial charge is 0.454 e. The highest BCUT2D eigenvalue weighted by Crippen LogP contribution is 2.32. The summed E-state index contributed by atoms with van der Waals surface area (Å²) in [6, 6.07) is 7.79. The Morgan fingerprint density at radius 2 is 1.85 bits per heavy atom. The lowest BCUT2D eigenvalue weighted by atomic mass is 10.2. The Morgan fingerprint density at radius 3 is 2.70 bits per heavy atom. The van der Waals surface area contributed by atoms with Crippen molar-refractivity contribution in [3.63, 3.8) is 0 Å². The van der Waals surface area contributed by atoms with Crippen molar-refractivity contribution in [2.24, 2.45) is 0 Å². The summed E-state index contributed by atoms with van der Waals surface area (Å²) in [7, 11) is 0. The first kappa shape index (κ1) is 12.5. The standard InChI is InChI=1S/C14H16N4O2/c1-2-15-13-6-14(18-8-17-13)16-7-10-3-4-11-12(5-10)20-9-19-11/h3-6,8H,2,7,9H2,1H3,(H2,15,16,17,18). The number of nitrogens with one attached hydrogen (secondary N) is 2. The van der Waals surface area contributed by atoms with E-state index in [2.05, 4.69) is 20.6 Å². The third-order valence-corrected chi connectivity index (χ3v) is 2.94. The van der Waals surface area contributed by atoms with Crippen LogP contribution in [0, 0.1) is 0 Å². The maximum atomic E-state index is 5.36. The minimum absolute atomic E-state index is 0.296. The second-order valence-corrected chi connectivity index (χ2v) is 4.36. The van der Waals surface area contributed by atoms with Gasteiger partial charge in [0.1, 0.15) is 18.0 Å². The van der Waals surface area contributed by atoms with Crippen LogP contribution in [0.5, 0.6) is 11.5 Å². The summed E-state index contributed by atoms with van der Waals surface area (Å²) in [5, 5.41) is 6.42. The first-order chi connectivity index (χ1) is 9.85. The van der Waals surface area contributed by atoms with Crippen molar-refractivity contribution in [3.8, 4) is 11.5 Å². The third kappa shape index (κ3) is 2.74. The molecule has 0 amide bonds. The van der Waals surface area contributed by atoms with Crippen molar-refractivity contribution < 1.29 is 9.47 Å². The molecule has 2 aromatic rings. The lowest BCUT2D eigenvalue weighted by Gasteiger charge is -2.08. The number of aromatic nitrogens is 2. The van der Waals surface area contributed by atoms with Gasteiger partial charge in [-0.3, -0.25) is 0 Å². The van der Waals surface area contributed by atoms with E-state index in [1.165, 1.54) is 0 Å². The summed E-state index contributed by atoms with van der Waals surface area (Å²) in [5.74, 6) is 3.19. The number of hydrogen-bond donors (Lipinski definition) is 2. The molecule has 104 valence electrons. The van der Waals surface area contributed by atoms with Crippen LogP contribution in [0.4, 0.5) is 11.6 Å². The molecule has 0 aliphatic carbocycles. The van der Waals surface area contributed by atoms with Gasteiger partial charge < -0.3 is 20.1 Å². The van der Waals surface area contributed by atoms with E-state index >= 15 is 0 Å². The molecule has 0 fully saturated rings. The minimum Gasteiger partial charge on any atom is -0.454 e. The molecule has 2 N–H and O–H groups in total. The summed E-state index contributed by atoms with van der Waals surface area (Å²) in [6.45, 7) is 3.82. The van der Waals surface area contributed by atoms with Gasteiger partial charge >= 0.3 is 0 Å². The Balaban J connectivity index is 1.65. The molecular weight excluding hydrogens is 256 g/mol. The van der Waals surface area contributed by atoms with E-state index in [9.17, 15) is 0 Å². The van der Waals surface area contributed by atoms with Gasteiger partial charge in [-0.15, -0.1) is 0 Å². The van der Waals surface area contributed by atoms with E-state index in [0.29, 0.717) is 13.3 Å². The molecule has 0 atom stereocenters. The number of ether oxygens (including phenoxy) is 2. The smallest absolute Gasteiger partial charge is 0.231 e. The van der Waals surface area contributed by atoms with Crippen molar-refractivity contribution >= 4 is 11.6 Å². The topological polar surface area (TPSA) is 68.3 Å². The van der Waals surface area contributed by atoms with Crippen LogP contribution in [0.15, 0.2) is 30.6 Å². The molecule has 0 unspecified atom stereocenters. The Morgan fingerprint density at radius 1 is 1.05 bits per heavy atom. The van der Waals surface area contributed by atoms with Crippen LogP contribution >= 0.6 is 0 Å². The van der Waals surface area contributed by atoms with Gasteiger partial charge in [-0.2, -0.15) is 0 Å². The fraction of sp³-hybridized carbons (Fsp3) is 0.286. The van der Waals surface area contributed by atoms with E-state index in [1.54, 1.807) is 6.33 Å². The fourth-order valence-corrected chi connectivity index (χ4v) is 1.98. The SMILES string of the molecule is CCNc1cc(NCc2ccc3c(c2)OCO3)ncn1. The fourth-order valence-electron chi connectivity index (χ4n) is 1.98. The molecule has 0 saturated carbocycles. The molecule has 6 nitrogen and oxygen atoms in total. The van der Waals surface area contributed by atoms with Crippen molar-refractivity contribution in [2.75, 3.05) is 24.0 Å². The minimum atomic E-state index is 0.296. The van der Waals surface area contributed by atoms with Gasteiger partial charge in [0.2, 0.25) is 6.79 Å². The molecular formula is C14H16N4O2. The predicted molar refractivity (Wildman–Crippen MR) is 76.1 cm³/mol. The molecule has 0 saturated heterocycles. The van der Waals surface area contributed by atoms with E-state index in [-0.39, 0.29) is 0 Å². The summed E-state index contributed by atoms with van der Waals surface area (Å²) < 4.78 is 10.6. The Bertz CT molecular complexity index is 603. The summed E-state index contributed by atoms with van der Waals surface area (Å²) in [6.07, 6.45) is 1.54. The highest BCUT2D eigenvalue weighted by atomic mass is 16.7. The number of benzene rings is 1. The lowest BCUT2D eigenvalue weighted by molar-refractivity contribution is 0.174. The van der Waals surface area contributed by atoms with Crippen LogP contribution in [-0.2, 0) is 6.54 Å². The van der Waals surface area contributed by atoms with Crippen LogP contribution in [0.2, 0.25) is 0 Å². The van der Waals surface area contributed by atoms with Crippen LogP contribution < -0.4 is 20.1 Å². The average molecular weight is 272 g/mol. The summed E-state index contributed by atoms with van der Waals surface area (Å²) in [4.78, 5) is 8.32. The van der Waals surface area contributed by atoms with E-state index < -0.39 is 0 Å². The third-order valence-electron chi connectivity index (χ3n) is 2.94. The van der Waals surface area contributed by atoms with Crippen LogP contribution in [0.25, 0.3) is 0 Å². The van der Waals surface area contributed by atoms with Gasteiger partial charge in [0, 0.05) is 19.2 Å². The molecule has 0 radical (unpaired) electrons. The van der Waals surface area contributed by atoms with Crippen molar-refractivity contribution in [1.82, 2.24) is 9.97 Å². The van der Waals surface area contributed by atoms with Gasteiger partial charge in [0.15, 0.2) is 11.5 Å². The maximum Gasteiger partial charge on any atom is 0.231 e. The number of hydrogen-bond acceptors (Lipinski definition) is 6. The molecule has 0 bridgehead atoms. The van der Waals surface area contributed by atoms with Crippen molar-refractivity contribution in [1.29, 1.82) is 0 Å². The quantitative estimate of drug-likeness (QED) is 0.870. The zero-order valence-corrected chi connectivity index (χ0v) is 11.2. The van der Waals surface area contributed by atoms with Crippen molar-refractivity contribution in [2.45, 2.75) is 13.5 Å². The van der Waals surface area contributed by atoms with Crippen molar-refractivity contribution in [3.05, 3.63) is 36.2 Å². The van der Waals surface area contributed by atoms with Gasteiger partial charge in [-0.05, 0) is 24.6 Å². The first-order valence-corrected chi connectivity index (χ1v) is 6.53. The van der Waals surface area contributed by atoms with Crippen LogP contribution in [0.3, 0.4) is 0 Å². The number of fused-ring (bicyclic) bond motifs is 1. The Labute approximate surface area is 117 Å². The van der Waals surface area contributed by atoms with Gasteiger partial charge in [-0.25, -0.2) is 9.97 Å². The number of anilines is 2. The molecule has 1 aliphatic rings. The number of nitrogens with zero attached hydrogens (tertiary/aromatic N) is 2. The Kier molecular flexibility index (Phi) is 3.54. The summed E-state index contributed by atoms with van der Waals surface area (Å²) >= 11 is 0. The normalized spacial score (nSPS) is 12.2. The van der Waals surface area contributed by atoms with E-state index in [1.807, 2.05) is 31.2 Å². The second kappa shape index (κ2) is 5.64. The number of rotatable bonds is 5. The molecule has 1 aromatic carbocycles. The Hall–Kier alpha value is -2.50. The zero-order valence-electron chi connectivity index (χ0n) is 11.2. The maximum absolute atomic E-state index is 5.36.